The number of hydrazone groups is 1. The summed E-state index contributed by atoms with van der Waals surface area (Å²) < 4.78 is 1.81. The summed E-state index contributed by atoms with van der Waals surface area (Å²) in [7, 11) is 0. The molecule has 0 aliphatic carbocycles. The molecule has 0 aliphatic rings. The van der Waals surface area contributed by atoms with Crippen LogP contribution in [0.15, 0.2) is 53.2 Å². The first kappa shape index (κ1) is 13.5. The van der Waals surface area contributed by atoms with Gasteiger partial charge in [-0.25, -0.2) is 10.4 Å². The van der Waals surface area contributed by atoms with E-state index in [4.69, 9.17) is 0 Å². The second-order valence-corrected chi connectivity index (χ2v) is 5.52. The molecule has 0 spiro atoms. The SMILES string of the molecule is C/C(=N\NC(=O)Cn1cnc2ccccc21)c1cccs1. The molecule has 1 N–H and O–H groups in total. The van der Waals surface area contributed by atoms with Crippen LogP contribution in [-0.4, -0.2) is 21.2 Å². The first-order chi connectivity index (χ1) is 10.2. The fourth-order valence-electron chi connectivity index (χ4n) is 2.01. The fraction of sp³-hybridized carbons (Fsp3) is 0.133. The molecule has 1 amide bonds. The lowest BCUT2D eigenvalue weighted by atomic mass is 10.3. The molecule has 0 radical (unpaired) electrons. The summed E-state index contributed by atoms with van der Waals surface area (Å²) in [4.78, 5) is 17.3. The van der Waals surface area contributed by atoms with Crippen LogP contribution < -0.4 is 5.43 Å². The van der Waals surface area contributed by atoms with E-state index in [1.807, 2.05) is 48.7 Å². The number of hydrogen-bond donors (Lipinski definition) is 1. The molecule has 0 saturated carbocycles. The molecule has 3 aromatic rings. The van der Waals surface area contributed by atoms with Gasteiger partial charge >= 0.3 is 0 Å². The average molecular weight is 298 g/mol. The highest BCUT2D eigenvalue weighted by Gasteiger charge is 2.06. The van der Waals surface area contributed by atoms with Crippen LogP contribution in [0, 0.1) is 0 Å². The van der Waals surface area contributed by atoms with Crippen LogP contribution in [0.3, 0.4) is 0 Å². The van der Waals surface area contributed by atoms with Crippen molar-refractivity contribution in [3.05, 3.63) is 53.0 Å². The number of carbonyl (C=O) groups excluding carboxylic acids is 1. The Morgan fingerprint density at radius 2 is 2.19 bits per heavy atom. The zero-order valence-corrected chi connectivity index (χ0v) is 12.3. The van der Waals surface area contributed by atoms with Gasteiger partial charge in [0.15, 0.2) is 0 Å². The van der Waals surface area contributed by atoms with E-state index in [0.717, 1.165) is 21.6 Å². The lowest BCUT2D eigenvalue weighted by Gasteiger charge is -2.03. The first-order valence-electron chi connectivity index (χ1n) is 6.51. The van der Waals surface area contributed by atoms with Crippen LogP contribution in [0.25, 0.3) is 11.0 Å². The van der Waals surface area contributed by atoms with Crippen molar-refractivity contribution in [2.24, 2.45) is 5.10 Å². The Hall–Kier alpha value is -2.47. The lowest BCUT2D eigenvalue weighted by molar-refractivity contribution is -0.121. The van der Waals surface area contributed by atoms with Gasteiger partial charge in [0.2, 0.25) is 0 Å². The number of nitrogens with one attached hydrogen (secondary N) is 1. The molecular weight excluding hydrogens is 284 g/mol. The predicted molar refractivity (Wildman–Crippen MR) is 84.4 cm³/mol. The Morgan fingerprint density at radius 1 is 1.33 bits per heavy atom. The van der Waals surface area contributed by atoms with E-state index in [0.29, 0.717) is 0 Å². The zero-order chi connectivity index (χ0) is 14.7. The first-order valence-corrected chi connectivity index (χ1v) is 7.39. The molecule has 21 heavy (non-hydrogen) atoms. The van der Waals surface area contributed by atoms with Gasteiger partial charge in [0.05, 0.1) is 23.1 Å². The highest BCUT2D eigenvalue weighted by molar-refractivity contribution is 7.12. The van der Waals surface area contributed by atoms with E-state index in [1.165, 1.54) is 0 Å². The topological polar surface area (TPSA) is 59.3 Å². The minimum atomic E-state index is -0.172. The molecule has 1 aromatic carbocycles. The number of hydrogen-bond acceptors (Lipinski definition) is 4. The third kappa shape index (κ3) is 3.00. The third-order valence-electron chi connectivity index (χ3n) is 3.07. The number of amides is 1. The Labute approximate surface area is 125 Å². The van der Waals surface area contributed by atoms with Crippen LogP contribution in [-0.2, 0) is 11.3 Å². The van der Waals surface area contributed by atoms with Gasteiger partial charge in [-0.15, -0.1) is 11.3 Å². The zero-order valence-electron chi connectivity index (χ0n) is 11.5. The molecule has 0 aliphatic heterocycles. The summed E-state index contributed by atoms with van der Waals surface area (Å²) in [5.74, 6) is -0.172. The quantitative estimate of drug-likeness (QED) is 0.594. The van der Waals surface area contributed by atoms with E-state index in [9.17, 15) is 4.79 Å². The number of benzene rings is 1. The third-order valence-corrected chi connectivity index (χ3v) is 4.05. The van der Waals surface area contributed by atoms with Gasteiger partial charge in [-0.2, -0.15) is 5.10 Å². The van der Waals surface area contributed by atoms with Gasteiger partial charge in [0.25, 0.3) is 5.91 Å². The van der Waals surface area contributed by atoms with Crippen molar-refractivity contribution in [1.82, 2.24) is 15.0 Å². The number of aromatic nitrogens is 2. The van der Waals surface area contributed by atoms with Gasteiger partial charge in [0.1, 0.15) is 6.54 Å². The van der Waals surface area contributed by atoms with Gasteiger partial charge in [0, 0.05) is 4.88 Å². The minimum absolute atomic E-state index is 0.172. The Balaban J connectivity index is 1.68. The second kappa shape index (κ2) is 5.88. The maximum Gasteiger partial charge on any atom is 0.260 e. The lowest BCUT2D eigenvalue weighted by Crippen LogP contribution is -2.23. The molecule has 0 fully saturated rings. The highest BCUT2D eigenvalue weighted by atomic mass is 32.1. The number of para-hydroxylation sites is 2. The van der Waals surface area contributed by atoms with Crippen LogP contribution >= 0.6 is 11.3 Å². The molecule has 0 atom stereocenters. The fourth-order valence-corrected chi connectivity index (χ4v) is 2.69. The van der Waals surface area contributed by atoms with E-state index in [-0.39, 0.29) is 12.5 Å². The molecule has 2 heterocycles. The normalized spacial score (nSPS) is 11.8. The van der Waals surface area contributed by atoms with Crippen molar-refractivity contribution >= 4 is 34.0 Å². The molecule has 0 bridgehead atoms. The minimum Gasteiger partial charge on any atom is -0.321 e. The molecule has 2 aromatic heterocycles. The van der Waals surface area contributed by atoms with Crippen LogP contribution in [0.4, 0.5) is 0 Å². The number of thiophene rings is 1. The number of imidazole rings is 1. The Morgan fingerprint density at radius 3 is 3.00 bits per heavy atom. The van der Waals surface area contributed by atoms with Crippen LogP contribution in [0.5, 0.6) is 0 Å². The maximum atomic E-state index is 12.0. The van der Waals surface area contributed by atoms with E-state index < -0.39 is 0 Å². The standard InChI is InChI=1S/C15H14N4OS/c1-11(14-7-4-8-21-14)17-18-15(20)9-19-10-16-12-5-2-3-6-13(12)19/h2-8,10H,9H2,1H3,(H,18,20)/b17-11+. The predicted octanol–water partition coefficient (Wildman–Crippen LogP) is 2.64. The van der Waals surface area contributed by atoms with Crippen molar-refractivity contribution in [2.45, 2.75) is 13.5 Å². The largest absolute Gasteiger partial charge is 0.321 e. The number of nitrogens with zero attached hydrogens (tertiary/aromatic N) is 3. The van der Waals surface area contributed by atoms with E-state index in [2.05, 4.69) is 15.5 Å². The second-order valence-electron chi connectivity index (χ2n) is 4.57. The van der Waals surface area contributed by atoms with Gasteiger partial charge in [-0.05, 0) is 30.5 Å². The van der Waals surface area contributed by atoms with Crippen LogP contribution in [0.1, 0.15) is 11.8 Å². The summed E-state index contributed by atoms with van der Waals surface area (Å²) >= 11 is 1.59. The van der Waals surface area contributed by atoms with Crippen molar-refractivity contribution < 1.29 is 4.79 Å². The highest BCUT2D eigenvalue weighted by Crippen LogP contribution is 2.11. The van der Waals surface area contributed by atoms with Gasteiger partial charge < -0.3 is 4.57 Å². The Kier molecular flexibility index (Phi) is 3.79. The van der Waals surface area contributed by atoms with E-state index in [1.54, 1.807) is 22.2 Å². The number of fused-ring (bicyclic) bond motifs is 1. The molecule has 3 rings (SSSR count). The van der Waals surface area contributed by atoms with Crippen molar-refractivity contribution in [3.8, 4) is 0 Å². The Bertz CT molecular complexity index is 789. The average Bonchev–Trinajstić information content (AvgIpc) is 3.15. The molecule has 5 nitrogen and oxygen atoms in total. The molecule has 6 heteroatoms. The van der Waals surface area contributed by atoms with Gasteiger partial charge in [-0.3, -0.25) is 4.79 Å². The summed E-state index contributed by atoms with van der Waals surface area (Å²) in [5, 5.41) is 6.10. The smallest absolute Gasteiger partial charge is 0.260 e. The van der Waals surface area contributed by atoms with Gasteiger partial charge in [-0.1, -0.05) is 18.2 Å². The van der Waals surface area contributed by atoms with Crippen molar-refractivity contribution in [1.29, 1.82) is 0 Å². The summed E-state index contributed by atoms with van der Waals surface area (Å²) in [6.45, 7) is 2.07. The summed E-state index contributed by atoms with van der Waals surface area (Å²) in [6.07, 6.45) is 1.67. The molecule has 106 valence electrons. The van der Waals surface area contributed by atoms with E-state index >= 15 is 0 Å². The number of carbonyl (C=O) groups is 1. The van der Waals surface area contributed by atoms with Crippen molar-refractivity contribution in [3.63, 3.8) is 0 Å². The number of rotatable bonds is 4. The molecule has 0 unspecified atom stereocenters. The molecular formula is C15H14N4OS. The monoisotopic (exact) mass is 298 g/mol. The summed E-state index contributed by atoms with van der Waals surface area (Å²) in [5.41, 5.74) is 5.20. The summed E-state index contributed by atoms with van der Waals surface area (Å²) in [6, 6.07) is 11.6. The maximum absolute atomic E-state index is 12.0. The van der Waals surface area contributed by atoms with Crippen molar-refractivity contribution in [2.75, 3.05) is 0 Å². The molecule has 0 saturated heterocycles. The van der Waals surface area contributed by atoms with Crippen LogP contribution in [0.2, 0.25) is 0 Å².